The van der Waals surface area contributed by atoms with Crippen LogP contribution >= 0.6 is 0 Å². The van der Waals surface area contributed by atoms with Crippen molar-refractivity contribution in [1.82, 2.24) is 9.78 Å². The second kappa shape index (κ2) is 6.73. The number of carboxylic acids is 1. The maximum atomic E-state index is 14.7. The topological polar surface area (TPSA) is 64.3 Å². The zero-order valence-corrected chi connectivity index (χ0v) is 13.8. The largest absolute Gasteiger partial charge is 0.478 e. The SMILES string of the molecule is CC(C)c1ccc(-c2c(C(=O)O)cnn2C2CCOCC2)c(F)c1. The number of rotatable bonds is 4. The molecule has 6 heteroatoms. The smallest absolute Gasteiger partial charge is 0.339 e. The van der Waals surface area contributed by atoms with Crippen molar-refractivity contribution in [2.45, 2.75) is 38.6 Å². The Labute approximate surface area is 140 Å². The molecule has 1 aromatic carbocycles. The highest BCUT2D eigenvalue weighted by Crippen LogP contribution is 2.33. The first-order valence-electron chi connectivity index (χ1n) is 8.17. The van der Waals surface area contributed by atoms with Crippen molar-refractivity contribution < 1.29 is 19.0 Å². The minimum atomic E-state index is -1.10. The molecule has 3 rings (SSSR count). The van der Waals surface area contributed by atoms with Crippen molar-refractivity contribution in [3.8, 4) is 11.3 Å². The fourth-order valence-electron chi connectivity index (χ4n) is 3.08. The monoisotopic (exact) mass is 332 g/mol. The van der Waals surface area contributed by atoms with Crippen LogP contribution in [-0.4, -0.2) is 34.1 Å². The summed E-state index contributed by atoms with van der Waals surface area (Å²) in [6.45, 7) is 5.18. The Bertz CT molecular complexity index is 749. The van der Waals surface area contributed by atoms with Gasteiger partial charge in [-0.05, 0) is 36.5 Å². The lowest BCUT2D eigenvalue weighted by atomic mass is 9.98. The van der Waals surface area contributed by atoms with Gasteiger partial charge in [0.1, 0.15) is 11.4 Å². The second-order valence-corrected chi connectivity index (χ2v) is 6.39. The summed E-state index contributed by atoms with van der Waals surface area (Å²) in [7, 11) is 0. The molecule has 0 spiro atoms. The lowest BCUT2D eigenvalue weighted by Gasteiger charge is -2.24. The van der Waals surface area contributed by atoms with Gasteiger partial charge in [-0.25, -0.2) is 9.18 Å². The zero-order valence-electron chi connectivity index (χ0n) is 13.8. The number of carboxylic acid groups (broad SMARTS) is 1. The van der Waals surface area contributed by atoms with Crippen molar-refractivity contribution in [1.29, 1.82) is 0 Å². The van der Waals surface area contributed by atoms with Crippen molar-refractivity contribution in [3.63, 3.8) is 0 Å². The number of aromatic carboxylic acids is 1. The molecule has 0 aliphatic carbocycles. The van der Waals surface area contributed by atoms with Crippen molar-refractivity contribution in [3.05, 3.63) is 41.3 Å². The highest BCUT2D eigenvalue weighted by molar-refractivity contribution is 5.94. The van der Waals surface area contributed by atoms with Crippen molar-refractivity contribution >= 4 is 5.97 Å². The van der Waals surface area contributed by atoms with E-state index in [1.165, 1.54) is 12.3 Å². The highest BCUT2D eigenvalue weighted by atomic mass is 19.1. The number of carbonyl (C=O) groups is 1. The van der Waals surface area contributed by atoms with E-state index < -0.39 is 11.8 Å². The molecule has 1 aromatic heterocycles. The van der Waals surface area contributed by atoms with E-state index in [9.17, 15) is 14.3 Å². The van der Waals surface area contributed by atoms with E-state index in [1.807, 2.05) is 19.9 Å². The predicted octanol–water partition coefficient (Wildman–Crippen LogP) is 3.86. The summed E-state index contributed by atoms with van der Waals surface area (Å²) in [5, 5.41) is 13.7. The van der Waals surface area contributed by atoms with Crippen LogP contribution in [0.25, 0.3) is 11.3 Å². The Kier molecular flexibility index (Phi) is 4.66. The minimum absolute atomic E-state index is 0.0195. The summed E-state index contributed by atoms with van der Waals surface area (Å²) in [6.07, 6.45) is 2.78. The number of nitrogens with zero attached hydrogens (tertiary/aromatic N) is 2. The van der Waals surface area contributed by atoms with E-state index in [2.05, 4.69) is 5.10 Å². The third-order valence-electron chi connectivity index (χ3n) is 4.48. The van der Waals surface area contributed by atoms with Gasteiger partial charge in [-0.3, -0.25) is 4.68 Å². The van der Waals surface area contributed by atoms with Crippen LogP contribution in [0.4, 0.5) is 4.39 Å². The molecule has 1 aliphatic rings. The van der Waals surface area contributed by atoms with Crippen molar-refractivity contribution in [2.75, 3.05) is 13.2 Å². The van der Waals surface area contributed by atoms with Gasteiger partial charge in [-0.1, -0.05) is 19.9 Å². The van der Waals surface area contributed by atoms with E-state index in [1.54, 1.807) is 10.7 Å². The molecule has 1 N–H and O–H groups in total. The molecule has 1 fully saturated rings. The van der Waals surface area contributed by atoms with E-state index in [0.29, 0.717) is 18.9 Å². The van der Waals surface area contributed by atoms with Crippen LogP contribution in [0.2, 0.25) is 0 Å². The third-order valence-corrected chi connectivity index (χ3v) is 4.48. The first-order valence-corrected chi connectivity index (χ1v) is 8.17. The predicted molar refractivity (Wildman–Crippen MR) is 87.8 cm³/mol. The lowest BCUT2D eigenvalue weighted by Crippen LogP contribution is -2.21. The lowest BCUT2D eigenvalue weighted by molar-refractivity contribution is 0.0665. The van der Waals surface area contributed by atoms with E-state index >= 15 is 0 Å². The van der Waals surface area contributed by atoms with E-state index in [4.69, 9.17) is 4.74 Å². The molecule has 5 nitrogen and oxygen atoms in total. The molecular formula is C18H21FN2O3. The van der Waals surface area contributed by atoms with Gasteiger partial charge in [0.25, 0.3) is 0 Å². The summed E-state index contributed by atoms with van der Waals surface area (Å²) in [5.74, 6) is -1.32. The molecule has 0 saturated carbocycles. The standard InChI is InChI=1S/C18H21FN2O3/c1-11(2)12-3-4-14(16(19)9-12)17-15(18(22)23)10-20-21(17)13-5-7-24-8-6-13/h3-4,9-11,13H,5-8H2,1-2H3,(H,22,23). The summed E-state index contributed by atoms with van der Waals surface area (Å²) >= 11 is 0. The van der Waals surface area contributed by atoms with Crippen molar-refractivity contribution in [2.24, 2.45) is 0 Å². The first kappa shape index (κ1) is 16.6. The van der Waals surface area contributed by atoms with Crippen LogP contribution < -0.4 is 0 Å². The van der Waals surface area contributed by atoms with Crippen LogP contribution in [-0.2, 0) is 4.74 Å². The Hall–Kier alpha value is -2.21. The van der Waals surface area contributed by atoms with Gasteiger partial charge in [-0.15, -0.1) is 0 Å². The summed E-state index contributed by atoms with van der Waals surface area (Å²) < 4.78 is 21.7. The fraction of sp³-hybridized carbons (Fsp3) is 0.444. The number of benzene rings is 1. The first-order chi connectivity index (χ1) is 11.5. The van der Waals surface area contributed by atoms with Gasteiger partial charge < -0.3 is 9.84 Å². The maximum Gasteiger partial charge on any atom is 0.339 e. The molecule has 128 valence electrons. The number of ether oxygens (including phenoxy) is 1. The van der Waals surface area contributed by atoms with Crippen LogP contribution in [0.1, 0.15) is 54.6 Å². The molecule has 0 atom stereocenters. The quantitative estimate of drug-likeness (QED) is 0.923. The molecule has 2 aromatic rings. The Morgan fingerprint density at radius 3 is 2.67 bits per heavy atom. The zero-order chi connectivity index (χ0) is 17.3. The van der Waals surface area contributed by atoms with Gasteiger partial charge in [-0.2, -0.15) is 5.10 Å². The Morgan fingerprint density at radius 1 is 1.38 bits per heavy atom. The molecule has 0 unspecified atom stereocenters. The summed E-state index contributed by atoms with van der Waals surface area (Å²) in [4.78, 5) is 11.6. The van der Waals surface area contributed by atoms with Gasteiger partial charge in [0.2, 0.25) is 0 Å². The van der Waals surface area contributed by atoms with Gasteiger partial charge in [0.15, 0.2) is 0 Å². The third kappa shape index (κ3) is 3.06. The molecule has 1 aliphatic heterocycles. The fourth-order valence-corrected chi connectivity index (χ4v) is 3.08. The molecule has 0 bridgehead atoms. The normalized spacial score (nSPS) is 15.8. The Morgan fingerprint density at radius 2 is 2.08 bits per heavy atom. The summed E-state index contributed by atoms with van der Waals surface area (Å²) in [6, 6.07) is 5.00. The highest BCUT2D eigenvalue weighted by Gasteiger charge is 2.26. The molecule has 1 saturated heterocycles. The number of hydrogen-bond donors (Lipinski definition) is 1. The van der Waals surface area contributed by atoms with Crippen LogP contribution in [0.5, 0.6) is 0 Å². The molecular weight excluding hydrogens is 311 g/mol. The summed E-state index contributed by atoms with van der Waals surface area (Å²) in [5.41, 5.74) is 1.52. The van der Waals surface area contributed by atoms with Gasteiger partial charge in [0, 0.05) is 18.8 Å². The van der Waals surface area contributed by atoms with Gasteiger partial charge >= 0.3 is 5.97 Å². The number of aromatic nitrogens is 2. The molecule has 0 amide bonds. The average Bonchev–Trinajstić information content (AvgIpc) is 3.00. The molecule has 2 heterocycles. The van der Waals surface area contributed by atoms with Gasteiger partial charge in [0.05, 0.1) is 17.9 Å². The Balaban J connectivity index is 2.11. The molecule has 0 radical (unpaired) electrons. The minimum Gasteiger partial charge on any atom is -0.478 e. The second-order valence-electron chi connectivity index (χ2n) is 6.39. The van der Waals surface area contributed by atoms with Crippen LogP contribution in [0, 0.1) is 5.82 Å². The van der Waals surface area contributed by atoms with Crippen LogP contribution in [0.15, 0.2) is 24.4 Å². The number of halogens is 1. The average molecular weight is 332 g/mol. The number of hydrogen-bond acceptors (Lipinski definition) is 3. The van der Waals surface area contributed by atoms with Crippen LogP contribution in [0.3, 0.4) is 0 Å². The van der Waals surface area contributed by atoms with E-state index in [-0.39, 0.29) is 23.1 Å². The molecule has 24 heavy (non-hydrogen) atoms. The maximum absolute atomic E-state index is 14.7. The van der Waals surface area contributed by atoms with E-state index in [0.717, 1.165) is 18.4 Å².